The Balaban J connectivity index is 2.01. The number of para-hydroxylation sites is 2. The highest BCUT2D eigenvalue weighted by atomic mass is 79.9. The van der Waals surface area contributed by atoms with Gasteiger partial charge in [0, 0.05) is 4.47 Å². The molecule has 0 unspecified atom stereocenters. The van der Waals surface area contributed by atoms with Crippen molar-refractivity contribution >= 4 is 44.4 Å². The van der Waals surface area contributed by atoms with Crippen LogP contribution in [0.15, 0.2) is 51.4 Å². The van der Waals surface area contributed by atoms with Gasteiger partial charge in [0.1, 0.15) is 5.52 Å². The molecule has 0 aliphatic carbocycles. The summed E-state index contributed by atoms with van der Waals surface area (Å²) in [6.45, 7) is 0. The maximum Gasteiger partial charge on any atom is 0.300 e. The van der Waals surface area contributed by atoms with Crippen molar-refractivity contribution in [1.29, 1.82) is 0 Å². The van der Waals surface area contributed by atoms with Crippen LogP contribution in [0.2, 0.25) is 0 Å². The first-order valence-corrected chi connectivity index (χ1v) is 6.20. The van der Waals surface area contributed by atoms with E-state index in [0.717, 1.165) is 10.2 Å². The molecule has 0 bridgehead atoms. The summed E-state index contributed by atoms with van der Waals surface area (Å²) in [7, 11) is 0. The summed E-state index contributed by atoms with van der Waals surface area (Å²) in [6, 6.07) is 13.7. The number of nitrogens with zero attached hydrogens (tertiary/aromatic N) is 1. The van der Waals surface area contributed by atoms with Crippen LogP contribution in [0.4, 0.5) is 17.4 Å². The van der Waals surface area contributed by atoms with E-state index in [9.17, 15) is 0 Å². The Morgan fingerprint density at radius 1 is 1.11 bits per heavy atom. The maximum absolute atomic E-state index is 5.83. The summed E-state index contributed by atoms with van der Waals surface area (Å²) in [5.74, 6) is 0. The minimum Gasteiger partial charge on any atom is -0.423 e. The van der Waals surface area contributed by atoms with E-state index in [2.05, 4.69) is 26.2 Å². The van der Waals surface area contributed by atoms with Gasteiger partial charge in [0.15, 0.2) is 5.58 Å². The van der Waals surface area contributed by atoms with Crippen molar-refractivity contribution < 1.29 is 4.42 Å². The molecule has 0 aliphatic heterocycles. The molecule has 0 radical (unpaired) electrons. The minimum atomic E-state index is 0.426. The molecule has 3 rings (SSSR count). The zero-order chi connectivity index (χ0) is 12.5. The highest BCUT2D eigenvalue weighted by molar-refractivity contribution is 9.10. The zero-order valence-electron chi connectivity index (χ0n) is 9.35. The number of nitrogens with two attached hydrogens (primary N) is 1. The number of nitrogen functional groups attached to an aromatic ring is 1. The van der Waals surface area contributed by atoms with Gasteiger partial charge in [-0.15, -0.1) is 0 Å². The Morgan fingerprint density at radius 3 is 2.72 bits per heavy atom. The Bertz CT molecular complexity index is 708. The van der Waals surface area contributed by atoms with Crippen molar-refractivity contribution in [3.63, 3.8) is 0 Å². The van der Waals surface area contributed by atoms with Crippen LogP contribution >= 0.6 is 15.9 Å². The zero-order valence-corrected chi connectivity index (χ0v) is 10.9. The molecule has 0 amide bonds. The van der Waals surface area contributed by atoms with Crippen LogP contribution < -0.4 is 11.1 Å². The van der Waals surface area contributed by atoms with Crippen LogP contribution in [0.3, 0.4) is 0 Å². The SMILES string of the molecule is Nc1cccc2oc(Nc3ccccc3Br)nc12. The van der Waals surface area contributed by atoms with E-state index in [1.807, 2.05) is 36.4 Å². The first-order valence-electron chi connectivity index (χ1n) is 5.40. The molecule has 0 atom stereocenters. The van der Waals surface area contributed by atoms with Crippen molar-refractivity contribution in [2.75, 3.05) is 11.1 Å². The van der Waals surface area contributed by atoms with Crippen LogP contribution in [0, 0.1) is 0 Å². The molecule has 0 spiro atoms. The van der Waals surface area contributed by atoms with E-state index in [0.29, 0.717) is 22.8 Å². The second-order valence-electron chi connectivity index (χ2n) is 3.82. The topological polar surface area (TPSA) is 64.1 Å². The fraction of sp³-hybridized carbons (Fsp3) is 0. The number of hydrogen-bond acceptors (Lipinski definition) is 4. The Kier molecular flexibility index (Phi) is 2.68. The molecular weight excluding hydrogens is 294 g/mol. The monoisotopic (exact) mass is 303 g/mol. The van der Waals surface area contributed by atoms with E-state index in [1.165, 1.54) is 0 Å². The fourth-order valence-corrected chi connectivity index (χ4v) is 2.08. The summed E-state index contributed by atoms with van der Waals surface area (Å²) in [4.78, 5) is 4.33. The third-order valence-electron chi connectivity index (χ3n) is 2.57. The first kappa shape index (κ1) is 11.1. The summed E-state index contributed by atoms with van der Waals surface area (Å²) < 4.78 is 6.53. The van der Waals surface area contributed by atoms with Crippen LogP contribution in [-0.2, 0) is 0 Å². The van der Waals surface area contributed by atoms with Crippen molar-refractivity contribution in [2.45, 2.75) is 0 Å². The van der Waals surface area contributed by atoms with E-state index >= 15 is 0 Å². The van der Waals surface area contributed by atoms with Crippen LogP contribution in [0.1, 0.15) is 0 Å². The lowest BCUT2D eigenvalue weighted by Gasteiger charge is -2.02. The molecule has 3 N–H and O–H groups in total. The molecule has 0 aliphatic rings. The number of hydrogen-bond donors (Lipinski definition) is 2. The van der Waals surface area contributed by atoms with E-state index in [1.54, 1.807) is 6.07 Å². The Morgan fingerprint density at radius 2 is 1.94 bits per heavy atom. The second kappa shape index (κ2) is 4.34. The maximum atomic E-state index is 5.83. The van der Waals surface area contributed by atoms with Gasteiger partial charge >= 0.3 is 0 Å². The summed E-state index contributed by atoms with van der Waals surface area (Å²) in [5, 5.41) is 3.11. The number of nitrogens with one attached hydrogen (secondary N) is 1. The molecule has 0 saturated heterocycles. The van der Waals surface area contributed by atoms with E-state index in [-0.39, 0.29) is 0 Å². The molecule has 90 valence electrons. The molecule has 0 fully saturated rings. The average Bonchev–Trinajstić information content (AvgIpc) is 2.76. The fourth-order valence-electron chi connectivity index (χ4n) is 1.70. The summed E-state index contributed by atoms with van der Waals surface area (Å²) in [5.41, 5.74) is 8.68. The molecule has 1 aromatic heterocycles. The lowest BCUT2D eigenvalue weighted by molar-refractivity contribution is 0.623. The van der Waals surface area contributed by atoms with Gasteiger partial charge < -0.3 is 15.5 Å². The van der Waals surface area contributed by atoms with Gasteiger partial charge in [0.05, 0.1) is 11.4 Å². The molecule has 5 heteroatoms. The number of fused-ring (bicyclic) bond motifs is 1. The molecular formula is C13H10BrN3O. The molecule has 3 aromatic rings. The highest BCUT2D eigenvalue weighted by Gasteiger charge is 2.09. The van der Waals surface area contributed by atoms with Gasteiger partial charge in [-0.25, -0.2) is 0 Å². The Hall–Kier alpha value is -2.01. The number of rotatable bonds is 2. The predicted octanol–water partition coefficient (Wildman–Crippen LogP) is 3.92. The molecule has 1 heterocycles. The van der Waals surface area contributed by atoms with Gasteiger partial charge in [0.2, 0.25) is 0 Å². The van der Waals surface area contributed by atoms with Crippen molar-refractivity contribution in [1.82, 2.24) is 4.98 Å². The molecule has 2 aromatic carbocycles. The van der Waals surface area contributed by atoms with Crippen LogP contribution in [-0.4, -0.2) is 4.98 Å². The van der Waals surface area contributed by atoms with Crippen molar-refractivity contribution in [3.8, 4) is 0 Å². The van der Waals surface area contributed by atoms with E-state index < -0.39 is 0 Å². The standard InChI is InChI=1S/C13H10BrN3O/c14-8-4-1-2-6-10(8)16-13-17-12-9(15)5-3-7-11(12)18-13/h1-7H,15H2,(H,16,17). The Labute approximate surface area is 112 Å². The van der Waals surface area contributed by atoms with Gasteiger partial charge in [-0.1, -0.05) is 18.2 Å². The normalized spacial score (nSPS) is 10.7. The highest BCUT2D eigenvalue weighted by Crippen LogP contribution is 2.28. The number of anilines is 3. The molecule has 18 heavy (non-hydrogen) atoms. The average molecular weight is 304 g/mol. The third-order valence-corrected chi connectivity index (χ3v) is 3.26. The van der Waals surface area contributed by atoms with Gasteiger partial charge in [-0.2, -0.15) is 4.98 Å². The second-order valence-corrected chi connectivity index (χ2v) is 4.67. The number of oxazole rings is 1. The smallest absolute Gasteiger partial charge is 0.300 e. The minimum absolute atomic E-state index is 0.426. The largest absolute Gasteiger partial charge is 0.423 e. The molecule has 4 nitrogen and oxygen atoms in total. The lowest BCUT2D eigenvalue weighted by atomic mass is 10.3. The number of aromatic nitrogens is 1. The quantitative estimate of drug-likeness (QED) is 0.704. The summed E-state index contributed by atoms with van der Waals surface area (Å²) in [6.07, 6.45) is 0. The van der Waals surface area contributed by atoms with E-state index in [4.69, 9.17) is 10.2 Å². The molecule has 0 saturated carbocycles. The van der Waals surface area contributed by atoms with Gasteiger partial charge in [-0.05, 0) is 40.2 Å². The lowest BCUT2D eigenvalue weighted by Crippen LogP contribution is -1.91. The third kappa shape index (κ3) is 1.93. The number of halogens is 1. The number of benzene rings is 2. The predicted molar refractivity (Wildman–Crippen MR) is 75.8 cm³/mol. The van der Waals surface area contributed by atoms with Gasteiger partial charge in [0.25, 0.3) is 6.01 Å². The van der Waals surface area contributed by atoms with Crippen LogP contribution in [0.5, 0.6) is 0 Å². The van der Waals surface area contributed by atoms with Crippen molar-refractivity contribution in [3.05, 3.63) is 46.9 Å². The first-order chi connectivity index (χ1) is 8.74. The van der Waals surface area contributed by atoms with Crippen LogP contribution in [0.25, 0.3) is 11.1 Å². The van der Waals surface area contributed by atoms with Crippen molar-refractivity contribution in [2.24, 2.45) is 0 Å². The summed E-state index contributed by atoms with van der Waals surface area (Å²) >= 11 is 3.46. The van der Waals surface area contributed by atoms with Gasteiger partial charge in [-0.3, -0.25) is 0 Å².